The molecule has 0 atom stereocenters. The van der Waals surface area contributed by atoms with Gasteiger partial charge in [-0.3, -0.25) is 14.4 Å². The van der Waals surface area contributed by atoms with E-state index in [-0.39, 0.29) is 18.3 Å². The molecule has 1 heterocycles. The van der Waals surface area contributed by atoms with Gasteiger partial charge in [0.2, 0.25) is 5.76 Å². The largest absolute Gasteiger partial charge is 0.471 e. The zero-order valence-corrected chi connectivity index (χ0v) is 12.6. The number of ether oxygens (including phenoxy) is 1. The Morgan fingerprint density at radius 2 is 2.00 bits per heavy atom. The van der Waals surface area contributed by atoms with Crippen molar-refractivity contribution < 1.29 is 36.7 Å². The van der Waals surface area contributed by atoms with Gasteiger partial charge in [0, 0.05) is 6.07 Å². The zero-order valence-electron chi connectivity index (χ0n) is 12.6. The van der Waals surface area contributed by atoms with Gasteiger partial charge in [0.05, 0.1) is 23.2 Å². The summed E-state index contributed by atoms with van der Waals surface area (Å²) in [7, 11) is 0. The van der Waals surface area contributed by atoms with Crippen LogP contribution in [0.15, 0.2) is 27.4 Å². The summed E-state index contributed by atoms with van der Waals surface area (Å²) in [6.07, 6.45) is -5.07. The van der Waals surface area contributed by atoms with E-state index in [0.717, 1.165) is 18.2 Å². The molecule has 0 aliphatic carbocycles. The number of esters is 1. The fourth-order valence-electron chi connectivity index (χ4n) is 1.96. The molecule has 0 unspecified atom stereocenters. The first kappa shape index (κ1) is 18.2. The number of hydrogen-bond donors (Lipinski definition) is 1. The molecule has 0 fully saturated rings. The number of rotatable bonds is 4. The molecular weight excluding hydrogens is 347 g/mol. The van der Waals surface area contributed by atoms with Crippen molar-refractivity contribution in [3.63, 3.8) is 0 Å². The molecule has 0 bridgehead atoms. The fourth-order valence-corrected chi connectivity index (χ4v) is 1.96. The van der Waals surface area contributed by atoms with Crippen LogP contribution in [0.4, 0.5) is 18.9 Å². The maximum atomic E-state index is 12.4. The molecule has 2 rings (SSSR count). The highest BCUT2D eigenvalue weighted by molar-refractivity contribution is 6.06. The van der Waals surface area contributed by atoms with Gasteiger partial charge in [-0.2, -0.15) is 13.2 Å². The smallest absolute Gasteiger partial charge is 0.460 e. The summed E-state index contributed by atoms with van der Waals surface area (Å²) < 4.78 is 46.9. The number of hydrogen-bond acceptors (Lipinski definition) is 6. The highest BCUT2D eigenvalue weighted by atomic mass is 19.4. The van der Waals surface area contributed by atoms with E-state index < -0.39 is 46.1 Å². The Kier molecular flexibility index (Phi) is 4.91. The van der Waals surface area contributed by atoms with E-state index in [9.17, 15) is 32.3 Å². The molecule has 10 heteroatoms. The first-order valence-electron chi connectivity index (χ1n) is 6.80. The summed E-state index contributed by atoms with van der Waals surface area (Å²) in [6, 6.07) is 2.86. The maximum Gasteiger partial charge on any atom is 0.471 e. The molecule has 7 nitrogen and oxygen atoms in total. The predicted octanol–water partition coefficient (Wildman–Crippen LogP) is 2.28. The van der Waals surface area contributed by atoms with Crippen molar-refractivity contribution >= 4 is 34.8 Å². The van der Waals surface area contributed by atoms with Crippen molar-refractivity contribution in [3.8, 4) is 0 Å². The summed E-state index contributed by atoms with van der Waals surface area (Å²) in [5.74, 6) is -3.82. The molecule has 25 heavy (non-hydrogen) atoms. The van der Waals surface area contributed by atoms with E-state index in [0.29, 0.717) is 0 Å². The first-order valence-corrected chi connectivity index (χ1v) is 6.80. The normalized spacial score (nSPS) is 11.2. The molecular formula is C15H10F3NO6. The number of benzene rings is 1. The number of fused-ring (bicyclic) bond motifs is 1. The molecule has 1 aromatic heterocycles. The highest BCUT2D eigenvalue weighted by Gasteiger charge is 2.39. The molecule has 2 aromatic rings. The third-order valence-corrected chi connectivity index (χ3v) is 3.04. The highest BCUT2D eigenvalue weighted by Crippen LogP contribution is 2.26. The minimum Gasteiger partial charge on any atom is -0.460 e. The van der Waals surface area contributed by atoms with Crippen molar-refractivity contribution in [2.75, 3.05) is 11.9 Å². The molecule has 0 spiro atoms. The van der Waals surface area contributed by atoms with E-state index in [1.54, 1.807) is 0 Å². The molecule has 1 N–H and O–H groups in total. The summed E-state index contributed by atoms with van der Waals surface area (Å²) >= 11 is 0. The van der Waals surface area contributed by atoms with Gasteiger partial charge in [-0.1, -0.05) is 0 Å². The molecule has 0 radical (unpaired) electrons. The third-order valence-electron chi connectivity index (χ3n) is 3.04. The first-order chi connectivity index (χ1) is 11.7. The van der Waals surface area contributed by atoms with Gasteiger partial charge in [0.25, 0.3) is 0 Å². The van der Waals surface area contributed by atoms with Crippen LogP contribution in [0.5, 0.6) is 0 Å². The second-order valence-electron chi connectivity index (χ2n) is 4.67. The Bertz CT molecular complexity index is 916. The minimum absolute atomic E-state index is 0.0111. The quantitative estimate of drug-likeness (QED) is 0.665. The summed E-state index contributed by atoms with van der Waals surface area (Å²) in [6.45, 7) is 1.50. The average molecular weight is 357 g/mol. The monoisotopic (exact) mass is 357 g/mol. The summed E-state index contributed by atoms with van der Waals surface area (Å²) in [5.41, 5.74) is -2.18. The van der Waals surface area contributed by atoms with Crippen LogP contribution in [-0.2, 0) is 9.53 Å². The number of carbonyl (C=O) groups is 3. The number of halogens is 3. The second-order valence-corrected chi connectivity index (χ2v) is 4.67. The van der Waals surface area contributed by atoms with Crippen LogP contribution in [0.1, 0.15) is 27.8 Å². The van der Waals surface area contributed by atoms with Crippen LogP contribution >= 0.6 is 0 Å². The van der Waals surface area contributed by atoms with Gasteiger partial charge < -0.3 is 14.5 Å². The van der Waals surface area contributed by atoms with E-state index in [1.165, 1.54) is 12.2 Å². The molecule has 0 saturated carbocycles. The van der Waals surface area contributed by atoms with Crippen molar-refractivity contribution in [1.82, 2.24) is 0 Å². The zero-order chi connectivity index (χ0) is 18.8. The topological polar surface area (TPSA) is 103 Å². The van der Waals surface area contributed by atoms with Gasteiger partial charge in [-0.15, -0.1) is 0 Å². The van der Waals surface area contributed by atoms with E-state index >= 15 is 0 Å². The Hall–Kier alpha value is -3.17. The number of carbonyl (C=O) groups excluding carboxylic acids is 3. The Morgan fingerprint density at radius 3 is 2.56 bits per heavy atom. The summed E-state index contributed by atoms with van der Waals surface area (Å²) in [4.78, 5) is 46.0. The number of aldehydes is 1. The van der Waals surface area contributed by atoms with Crippen LogP contribution in [0.25, 0.3) is 11.0 Å². The lowest BCUT2D eigenvalue weighted by molar-refractivity contribution is -0.167. The minimum atomic E-state index is -5.18. The number of amides is 1. The fraction of sp³-hybridized carbons (Fsp3) is 0.200. The van der Waals surface area contributed by atoms with Gasteiger partial charge >= 0.3 is 18.1 Å². The lowest BCUT2D eigenvalue weighted by Gasteiger charge is -2.11. The van der Waals surface area contributed by atoms with Gasteiger partial charge in [-0.25, -0.2) is 4.79 Å². The Labute approximate surface area is 137 Å². The molecule has 1 amide bonds. The number of alkyl halides is 3. The van der Waals surface area contributed by atoms with Crippen LogP contribution < -0.4 is 10.7 Å². The van der Waals surface area contributed by atoms with Crippen LogP contribution in [0.2, 0.25) is 0 Å². The van der Waals surface area contributed by atoms with E-state index in [2.05, 4.69) is 4.74 Å². The van der Waals surface area contributed by atoms with E-state index in [1.807, 2.05) is 0 Å². The lowest BCUT2D eigenvalue weighted by atomic mass is 10.1. The maximum absolute atomic E-state index is 12.4. The van der Waals surface area contributed by atoms with Crippen molar-refractivity contribution in [2.45, 2.75) is 13.1 Å². The molecule has 0 aliphatic rings. The lowest BCUT2D eigenvalue weighted by Crippen LogP contribution is -2.30. The molecule has 1 aromatic carbocycles. The molecule has 0 aliphatic heterocycles. The Morgan fingerprint density at radius 1 is 1.32 bits per heavy atom. The number of nitrogens with one attached hydrogen (secondary N) is 1. The van der Waals surface area contributed by atoms with Crippen LogP contribution in [0.3, 0.4) is 0 Å². The summed E-state index contributed by atoms with van der Waals surface area (Å²) in [5, 5.41) is 1.36. The number of anilines is 1. The predicted molar refractivity (Wildman–Crippen MR) is 78.5 cm³/mol. The van der Waals surface area contributed by atoms with Crippen molar-refractivity contribution in [2.24, 2.45) is 0 Å². The second kappa shape index (κ2) is 6.75. The molecule has 132 valence electrons. The van der Waals surface area contributed by atoms with Crippen molar-refractivity contribution in [3.05, 3.63) is 39.7 Å². The van der Waals surface area contributed by atoms with Gasteiger partial charge in [0.15, 0.2) is 17.3 Å². The Balaban J connectivity index is 2.64. The average Bonchev–Trinajstić information content (AvgIpc) is 2.53. The van der Waals surface area contributed by atoms with E-state index in [4.69, 9.17) is 4.42 Å². The van der Waals surface area contributed by atoms with Crippen molar-refractivity contribution in [1.29, 1.82) is 0 Å². The molecule has 0 saturated heterocycles. The van der Waals surface area contributed by atoms with Crippen LogP contribution in [0, 0.1) is 0 Å². The standard InChI is InChI=1S/C15H10F3NO6/c1-2-24-13(22)11-5-10(21)7-3-4-9(8(6-20)12(7)25-11)19-14(23)15(16,17)18/h3-6H,2H2,1H3,(H,19,23). The third kappa shape index (κ3) is 3.67. The van der Waals surface area contributed by atoms with Crippen LogP contribution in [-0.4, -0.2) is 30.9 Å². The van der Waals surface area contributed by atoms with Gasteiger partial charge in [-0.05, 0) is 19.1 Å². The van der Waals surface area contributed by atoms with Gasteiger partial charge in [0.1, 0.15) is 0 Å². The SMILES string of the molecule is CCOC(=O)c1cc(=O)c2ccc(NC(=O)C(F)(F)F)c(C=O)c2o1.